The minimum Gasteiger partial charge on any atom is -0.465 e. The number of thioether (sulfide) groups is 1. The number of esters is 1. The van der Waals surface area contributed by atoms with Crippen LogP contribution in [-0.4, -0.2) is 28.0 Å². The van der Waals surface area contributed by atoms with E-state index < -0.39 is 17.3 Å². The number of rotatable bonds is 4. The number of hydrogen-bond donors (Lipinski definition) is 1. The number of carbonyl (C=O) groups excluding carboxylic acids is 1. The molecule has 9 heteroatoms. The third kappa shape index (κ3) is 3.56. The van der Waals surface area contributed by atoms with Gasteiger partial charge in [0.25, 0.3) is 5.56 Å². The Bertz CT molecular complexity index is 1050. The number of H-pyrrole nitrogens is 1. The number of halogens is 2. The van der Waals surface area contributed by atoms with Crippen LogP contribution in [0.5, 0.6) is 0 Å². The highest BCUT2D eigenvalue weighted by Gasteiger charge is 2.18. The molecule has 26 heavy (non-hydrogen) atoms. The van der Waals surface area contributed by atoms with Gasteiger partial charge in [0.1, 0.15) is 5.82 Å². The first-order chi connectivity index (χ1) is 12.4. The molecule has 0 amide bonds. The molecule has 1 aromatic carbocycles. The maximum absolute atomic E-state index is 13.9. The lowest BCUT2D eigenvalue weighted by atomic mass is 10.1. The van der Waals surface area contributed by atoms with Crippen LogP contribution in [-0.2, 0) is 10.5 Å². The van der Waals surface area contributed by atoms with Crippen LogP contribution in [0, 0.1) is 12.7 Å². The van der Waals surface area contributed by atoms with Crippen LogP contribution in [0.4, 0.5) is 4.39 Å². The lowest BCUT2D eigenvalue weighted by molar-refractivity contribution is 0.0602. The number of nitrogens with zero attached hydrogens (tertiary/aromatic N) is 2. The van der Waals surface area contributed by atoms with Gasteiger partial charge in [-0.15, -0.1) is 0 Å². The van der Waals surface area contributed by atoms with Gasteiger partial charge in [0.15, 0.2) is 10.8 Å². The number of nitrogens with one attached hydrogen (secondary N) is 1. The predicted molar refractivity (Wildman–Crippen MR) is 97.2 cm³/mol. The molecule has 0 bridgehead atoms. The molecule has 0 unspecified atom stereocenters. The van der Waals surface area contributed by atoms with Crippen molar-refractivity contribution in [1.29, 1.82) is 0 Å². The first kappa shape index (κ1) is 18.3. The predicted octanol–water partition coefficient (Wildman–Crippen LogP) is 3.50. The van der Waals surface area contributed by atoms with Gasteiger partial charge in [0.2, 0.25) is 0 Å². The van der Waals surface area contributed by atoms with Crippen LogP contribution in [0.15, 0.2) is 34.2 Å². The van der Waals surface area contributed by atoms with E-state index in [0.717, 1.165) is 11.8 Å². The number of aryl methyl sites for hydroxylation is 1. The minimum atomic E-state index is -0.647. The maximum atomic E-state index is 13.9. The molecule has 3 rings (SSSR count). The van der Waals surface area contributed by atoms with Crippen molar-refractivity contribution in [2.24, 2.45) is 0 Å². The average Bonchev–Trinajstić information content (AvgIpc) is 2.59. The van der Waals surface area contributed by atoms with Crippen molar-refractivity contribution in [1.82, 2.24) is 15.0 Å². The highest BCUT2D eigenvalue weighted by Crippen LogP contribution is 2.27. The normalized spacial score (nSPS) is 10.9. The van der Waals surface area contributed by atoms with Gasteiger partial charge in [0, 0.05) is 22.0 Å². The Morgan fingerprint density at radius 3 is 2.85 bits per heavy atom. The van der Waals surface area contributed by atoms with E-state index in [4.69, 9.17) is 16.3 Å². The number of methoxy groups -OCH3 is 1. The summed E-state index contributed by atoms with van der Waals surface area (Å²) in [6, 6.07) is 5.89. The summed E-state index contributed by atoms with van der Waals surface area (Å²) >= 11 is 7.11. The molecule has 0 saturated heterocycles. The SMILES string of the molecule is COC(=O)c1cc(C)nc2nc(SCc3c(F)cccc3Cl)[nH]c(=O)c12. The summed E-state index contributed by atoms with van der Waals surface area (Å²) in [6.45, 7) is 1.68. The van der Waals surface area contributed by atoms with E-state index in [9.17, 15) is 14.0 Å². The van der Waals surface area contributed by atoms with Gasteiger partial charge in [0.05, 0.1) is 18.1 Å². The molecule has 0 aliphatic rings. The highest BCUT2D eigenvalue weighted by molar-refractivity contribution is 7.98. The fraction of sp³-hybridized carbons (Fsp3) is 0.176. The van der Waals surface area contributed by atoms with Crippen LogP contribution in [0.1, 0.15) is 21.6 Å². The zero-order chi connectivity index (χ0) is 18.8. The molecule has 0 aliphatic heterocycles. The van der Waals surface area contributed by atoms with E-state index in [2.05, 4.69) is 15.0 Å². The first-order valence-electron chi connectivity index (χ1n) is 7.46. The second-order valence-corrected chi connectivity index (χ2v) is 6.73. The van der Waals surface area contributed by atoms with E-state index >= 15 is 0 Å². The van der Waals surface area contributed by atoms with Crippen LogP contribution >= 0.6 is 23.4 Å². The fourth-order valence-corrected chi connectivity index (χ4v) is 3.59. The molecule has 2 heterocycles. The lowest BCUT2D eigenvalue weighted by Gasteiger charge is -2.08. The first-order valence-corrected chi connectivity index (χ1v) is 8.82. The Kier molecular flexibility index (Phi) is 5.24. The second kappa shape index (κ2) is 7.43. The van der Waals surface area contributed by atoms with Gasteiger partial charge in [-0.05, 0) is 25.1 Å². The second-order valence-electron chi connectivity index (χ2n) is 5.36. The summed E-state index contributed by atoms with van der Waals surface area (Å²) in [6.07, 6.45) is 0. The summed E-state index contributed by atoms with van der Waals surface area (Å²) < 4.78 is 18.6. The molecule has 0 spiro atoms. The number of ether oxygens (including phenoxy) is 1. The van der Waals surface area contributed by atoms with Gasteiger partial charge in [-0.3, -0.25) is 4.79 Å². The fourth-order valence-electron chi connectivity index (χ4n) is 2.40. The number of benzene rings is 1. The van der Waals surface area contributed by atoms with Gasteiger partial charge < -0.3 is 9.72 Å². The number of carbonyl (C=O) groups is 1. The van der Waals surface area contributed by atoms with E-state index in [1.807, 2.05) is 0 Å². The van der Waals surface area contributed by atoms with Crippen molar-refractivity contribution >= 4 is 40.4 Å². The monoisotopic (exact) mass is 393 g/mol. The number of hydrogen-bond acceptors (Lipinski definition) is 6. The minimum absolute atomic E-state index is 0.0516. The van der Waals surface area contributed by atoms with Crippen molar-refractivity contribution in [2.45, 2.75) is 17.8 Å². The topological polar surface area (TPSA) is 84.9 Å². The summed E-state index contributed by atoms with van der Waals surface area (Å²) in [7, 11) is 1.23. The van der Waals surface area contributed by atoms with Crippen molar-refractivity contribution in [2.75, 3.05) is 7.11 Å². The van der Waals surface area contributed by atoms with Crippen LogP contribution in [0.3, 0.4) is 0 Å². The Morgan fingerprint density at radius 1 is 1.38 bits per heavy atom. The molecule has 0 radical (unpaired) electrons. The van der Waals surface area contributed by atoms with E-state index in [0.29, 0.717) is 16.3 Å². The molecule has 0 fully saturated rings. The van der Waals surface area contributed by atoms with Crippen molar-refractivity contribution in [3.63, 3.8) is 0 Å². The Labute approximate surface area is 156 Å². The zero-order valence-corrected chi connectivity index (χ0v) is 15.4. The van der Waals surface area contributed by atoms with Crippen molar-refractivity contribution in [3.05, 3.63) is 62.3 Å². The molecular formula is C17H13ClFN3O3S. The molecule has 2 aromatic heterocycles. The maximum Gasteiger partial charge on any atom is 0.338 e. The van der Waals surface area contributed by atoms with E-state index in [1.54, 1.807) is 13.0 Å². The van der Waals surface area contributed by atoms with E-state index in [-0.39, 0.29) is 27.5 Å². The number of aromatic nitrogens is 3. The average molecular weight is 394 g/mol. The largest absolute Gasteiger partial charge is 0.465 e. The van der Waals surface area contributed by atoms with Gasteiger partial charge in [-0.1, -0.05) is 29.4 Å². The summed E-state index contributed by atoms with van der Waals surface area (Å²) in [4.78, 5) is 35.4. The Balaban J connectivity index is 2.02. The van der Waals surface area contributed by atoms with Crippen LogP contribution < -0.4 is 5.56 Å². The van der Waals surface area contributed by atoms with Crippen molar-refractivity contribution in [3.8, 4) is 0 Å². The number of pyridine rings is 1. The number of aromatic amines is 1. The van der Waals surface area contributed by atoms with Crippen molar-refractivity contribution < 1.29 is 13.9 Å². The third-order valence-corrected chi connectivity index (χ3v) is 4.86. The quantitative estimate of drug-likeness (QED) is 0.415. The summed E-state index contributed by atoms with van der Waals surface area (Å²) in [5, 5.41) is 0.592. The standard InChI is InChI=1S/C17H13ClFN3O3S/c1-8-6-9(16(24)25-2)13-14(20-8)21-17(22-15(13)23)26-7-10-11(18)4-3-5-12(10)19/h3-6H,7H2,1-2H3,(H,20,21,22,23). The Hall–Kier alpha value is -2.45. The lowest BCUT2D eigenvalue weighted by Crippen LogP contribution is -2.16. The number of fused-ring (bicyclic) bond motifs is 1. The molecule has 0 atom stereocenters. The van der Waals surface area contributed by atoms with Crippen LogP contribution in [0.2, 0.25) is 5.02 Å². The highest BCUT2D eigenvalue weighted by atomic mass is 35.5. The van der Waals surface area contributed by atoms with E-state index in [1.165, 1.54) is 25.3 Å². The summed E-state index contributed by atoms with van der Waals surface area (Å²) in [5.41, 5.74) is 0.525. The molecule has 3 aromatic rings. The molecule has 0 aliphatic carbocycles. The third-order valence-electron chi connectivity index (χ3n) is 3.60. The molecular weight excluding hydrogens is 381 g/mol. The molecule has 6 nitrogen and oxygen atoms in total. The zero-order valence-electron chi connectivity index (χ0n) is 13.8. The Morgan fingerprint density at radius 2 is 2.15 bits per heavy atom. The van der Waals surface area contributed by atoms with Crippen LogP contribution in [0.25, 0.3) is 11.0 Å². The van der Waals surface area contributed by atoms with Gasteiger partial charge in [-0.25, -0.2) is 19.2 Å². The molecule has 134 valence electrons. The summed E-state index contributed by atoms with van der Waals surface area (Å²) in [5.74, 6) is -0.906. The van der Waals surface area contributed by atoms with Gasteiger partial charge in [-0.2, -0.15) is 0 Å². The molecule has 1 N–H and O–H groups in total. The molecule has 0 saturated carbocycles. The van der Waals surface area contributed by atoms with Gasteiger partial charge >= 0.3 is 5.97 Å². The smallest absolute Gasteiger partial charge is 0.338 e.